The van der Waals surface area contributed by atoms with Crippen LogP contribution >= 0.6 is 0 Å². The van der Waals surface area contributed by atoms with E-state index in [4.69, 9.17) is 9.15 Å². The van der Waals surface area contributed by atoms with E-state index in [1.165, 1.54) is 6.92 Å². The quantitative estimate of drug-likeness (QED) is 0.657. The van der Waals surface area contributed by atoms with Gasteiger partial charge in [0.1, 0.15) is 5.69 Å². The summed E-state index contributed by atoms with van der Waals surface area (Å²) in [5.41, 5.74) is 0.919. The third-order valence-corrected chi connectivity index (χ3v) is 4.80. The molecule has 3 aromatic rings. The fourth-order valence-electron chi connectivity index (χ4n) is 2.29. The molecular formula is C17H16N2O6S. The van der Waals surface area contributed by atoms with Crippen molar-refractivity contribution in [3.05, 3.63) is 36.4 Å². The molecular weight excluding hydrogens is 360 g/mol. The van der Waals surface area contributed by atoms with Gasteiger partial charge in [0, 0.05) is 12.3 Å². The van der Waals surface area contributed by atoms with Crippen LogP contribution in [-0.2, 0) is 14.8 Å². The molecule has 2 aromatic heterocycles. The molecule has 0 spiro atoms. The van der Waals surface area contributed by atoms with Crippen LogP contribution in [0.15, 0.2) is 40.8 Å². The van der Waals surface area contributed by atoms with E-state index in [0.29, 0.717) is 5.52 Å². The summed E-state index contributed by atoms with van der Waals surface area (Å²) in [7, 11) is -3.72. The van der Waals surface area contributed by atoms with Crippen LogP contribution in [-0.4, -0.2) is 30.2 Å². The summed E-state index contributed by atoms with van der Waals surface area (Å²) in [6.45, 7) is 2.56. The number of sulfonamides is 1. The first-order chi connectivity index (χ1) is 12.3. The van der Waals surface area contributed by atoms with Crippen LogP contribution in [0.5, 0.6) is 11.5 Å². The average molecular weight is 376 g/mol. The van der Waals surface area contributed by atoms with Crippen molar-refractivity contribution >= 4 is 32.8 Å². The van der Waals surface area contributed by atoms with Crippen molar-refractivity contribution in [1.29, 1.82) is 0 Å². The molecule has 0 fully saturated rings. The van der Waals surface area contributed by atoms with Crippen molar-refractivity contribution < 1.29 is 27.5 Å². The molecule has 0 bridgehead atoms. The highest BCUT2D eigenvalue weighted by Gasteiger charge is 2.27. The standard InChI is InChI=1S/C17H16N2O6S/c1-3-26(22,23)19-17-16(24-10(2)20)14(21)15(25-17)13-9-8-11-6-4-5-7-12(11)18-13/h4-9,19,21H,3H2,1-2H3. The first-order valence-electron chi connectivity index (χ1n) is 7.71. The molecule has 3 rings (SSSR count). The van der Waals surface area contributed by atoms with Gasteiger partial charge in [-0.1, -0.05) is 24.3 Å². The summed E-state index contributed by atoms with van der Waals surface area (Å²) in [5.74, 6) is -2.38. The normalized spacial score (nSPS) is 11.5. The Balaban J connectivity index is 2.14. The van der Waals surface area contributed by atoms with Crippen molar-refractivity contribution in [2.75, 3.05) is 10.5 Å². The maximum Gasteiger partial charge on any atom is 0.308 e. The van der Waals surface area contributed by atoms with Gasteiger partial charge in [-0.15, -0.1) is 0 Å². The minimum absolute atomic E-state index is 0.110. The summed E-state index contributed by atoms with van der Waals surface area (Å²) >= 11 is 0. The highest BCUT2D eigenvalue weighted by Crippen LogP contribution is 2.46. The van der Waals surface area contributed by atoms with Crippen LogP contribution in [0.1, 0.15) is 13.8 Å². The summed E-state index contributed by atoms with van der Waals surface area (Å²) < 4.78 is 36.2. The molecule has 0 aliphatic carbocycles. The molecule has 0 saturated carbocycles. The molecule has 136 valence electrons. The number of nitrogens with one attached hydrogen (secondary N) is 1. The van der Waals surface area contributed by atoms with Crippen molar-refractivity contribution in [2.24, 2.45) is 0 Å². The molecule has 0 atom stereocenters. The zero-order valence-electron chi connectivity index (χ0n) is 14.0. The lowest BCUT2D eigenvalue weighted by Crippen LogP contribution is -2.15. The highest BCUT2D eigenvalue weighted by molar-refractivity contribution is 7.92. The van der Waals surface area contributed by atoms with Gasteiger partial charge in [0.15, 0.2) is 0 Å². The van der Waals surface area contributed by atoms with Crippen LogP contribution in [0, 0.1) is 0 Å². The summed E-state index contributed by atoms with van der Waals surface area (Å²) in [6, 6.07) is 10.7. The van der Waals surface area contributed by atoms with E-state index in [-0.39, 0.29) is 23.1 Å². The van der Waals surface area contributed by atoms with E-state index < -0.39 is 27.5 Å². The lowest BCUT2D eigenvalue weighted by molar-refractivity contribution is -0.131. The molecule has 2 N–H and O–H groups in total. The number of ether oxygens (including phenoxy) is 1. The second-order valence-corrected chi connectivity index (χ2v) is 7.44. The highest BCUT2D eigenvalue weighted by atomic mass is 32.2. The minimum atomic E-state index is -3.72. The Morgan fingerprint density at radius 3 is 2.69 bits per heavy atom. The number of hydrogen-bond donors (Lipinski definition) is 2. The fourth-order valence-corrected chi connectivity index (χ4v) is 2.85. The van der Waals surface area contributed by atoms with E-state index >= 15 is 0 Å². The average Bonchev–Trinajstić information content (AvgIpc) is 2.90. The molecule has 26 heavy (non-hydrogen) atoms. The van der Waals surface area contributed by atoms with E-state index in [1.807, 2.05) is 18.2 Å². The zero-order chi connectivity index (χ0) is 18.9. The summed E-state index contributed by atoms with van der Waals surface area (Å²) in [4.78, 5) is 15.7. The Labute approximate surface area is 149 Å². The first kappa shape index (κ1) is 17.7. The van der Waals surface area contributed by atoms with Crippen LogP contribution in [0.4, 0.5) is 5.88 Å². The monoisotopic (exact) mass is 376 g/mol. The van der Waals surface area contributed by atoms with Crippen LogP contribution in [0.3, 0.4) is 0 Å². The Kier molecular flexibility index (Phi) is 4.56. The number of fused-ring (bicyclic) bond motifs is 1. The molecule has 0 amide bonds. The molecule has 2 heterocycles. The minimum Gasteiger partial charge on any atom is -0.501 e. The second-order valence-electron chi connectivity index (χ2n) is 5.43. The molecule has 8 nitrogen and oxygen atoms in total. The summed E-state index contributed by atoms with van der Waals surface area (Å²) in [5, 5.41) is 11.3. The smallest absolute Gasteiger partial charge is 0.308 e. The third kappa shape index (κ3) is 3.47. The summed E-state index contributed by atoms with van der Waals surface area (Å²) in [6.07, 6.45) is 0. The third-order valence-electron chi connectivity index (χ3n) is 3.55. The van der Waals surface area contributed by atoms with Crippen molar-refractivity contribution in [2.45, 2.75) is 13.8 Å². The SMILES string of the molecule is CCS(=O)(=O)Nc1oc(-c2ccc3ccccc3n2)c(O)c1OC(C)=O. The second kappa shape index (κ2) is 6.68. The number of nitrogens with zero attached hydrogens (tertiary/aromatic N) is 1. The maximum atomic E-state index is 11.8. The molecule has 0 aliphatic rings. The number of aromatic hydroxyl groups is 1. The van der Waals surface area contributed by atoms with Gasteiger partial charge in [-0.25, -0.2) is 18.1 Å². The largest absolute Gasteiger partial charge is 0.501 e. The predicted molar refractivity (Wildman–Crippen MR) is 95.5 cm³/mol. The van der Waals surface area contributed by atoms with Gasteiger partial charge in [0.2, 0.25) is 27.3 Å². The lowest BCUT2D eigenvalue weighted by Gasteiger charge is -2.04. The number of carbonyl (C=O) groups is 1. The molecule has 9 heteroatoms. The van der Waals surface area contributed by atoms with Gasteiger partial charge in [0.05, 0.1) is 11.3 Å². The Bertz CT molecular complexity index is 1090. The van der Waals surface area contributed by atoms with Gasteiger partial charge < -0.3 is 14.3 Å². The molecule has 0 unspecified atom stereocenters. The Morgan fingerprint density at radius 2 is 2.00 bits per heavy atom. The number of esters is 1. The van der Waals surface area contributed by atoms with E-state index in [9.17, 15) is 18.3 Å². The number of furan rings is 1. The Morgan fingerprint density at radius 1 is 1.27 bits per heavy atom. The maximum absolute atomic E-state index is 11.8. The molecule has 0 aliphatic heterocycles. The topological polar surface area (TPSA) is 119 Å². The van der Waals surface area contributed by atoms with E-state index in [0.717, 1.165) is 12.3 Å². The van der Waals surface area contributed by atoms with Gasteiger partial charge in [-0.3, -0.25) is 4.79 Å². The van der Waals surface area contributed by atoms with Gasteiger partial charge in [-0.05, 0) is 19.1 Å². The lowest BCUT2D eigenvalue weighted by atomic mass is 10.2. The fraction of sp³-hybridized carbons (Fsp3) is 0.176. The van der Waals surface area contributed by atoms with Crippen molar-refractivity contribution in [3.63, 3.8) is 0 Å². The van der Waals surface area contributed by atoms with Gasteiger partial charge in [0.25, 0.3) is 5.88 Å². The van der Waals surface area contributed by atoms with Crippen molar-refractivity contribution in [3.8, 4) is 23.0 Å². The number of benzene rings is 1. The number of aromatic nitrogens is 1. The molecule has 0 saturated heterocycles. The van der Waals surface area contributed by atoms with Crippen LogP contribution in [0.2, 0.25) is 0 Å². The predicted octanol–water partition coefficient (Wildman–Crippen LogP) is 2.89. The molecule has 0 radical (unpaired) electrons. The van der Waals surface area contributed by atoms with E-state index in [1.54, 1.807) is 18.2 Å². The van der Waals surface area contributed by atoms with Gasteiger partial charge in [-0.2, -0.15) is 0 Å². The number of hydrogen-bond acceptors (Lipinski definition) is 7. The van der Waals surface area contributed by atoms with Crippen molar-refractivity contribution in [1.82, 2.24) is 4.98 Å². The number of carbonyl (C=O) groups excluding carboxylic acids is 1. The first-order valence-corrected chi connectivity index (χ1v) is 9.36. The van der Waals surface area contributed by atoms with E-state index in [2.05, 4.69) is 9.71 Å². The van der Waals surface area contributed by atoms with Crippen LogP contribution in [0.25, 0.3) is 22.4 Å². The Hall–Kier alpha value is -3.07. The number of rotatable bonds is 5. The number of anilines is 1. The molecule has 1 aromatic carbocycles. The zero-order valence-corrected chi connectivity index (χ0v) is 14.8. The number of pyridine rings is 1. The van der Waals surface area contributed by atoms with Gasteiger partial charge >= 0.3 is 5.97 Å². The van der Waals surface area contributed by atoms with Crippen LogP contribution < -0.4 is 9.46 Å². The number of para-hydroxylation sites is 1.